The van der Waals surface area contributed by atoms with Crippen LogP contribution in [0.2, 0.25) is 0 Å². The molecule has 0 fully saturated rings. The van der Waals surface area contributed by atoms with Gasteiger partial charge in [-0.25, -0.2) is 4.98 Å². The van der Waals surface area contributed by atoms with Gasteiger partial charge in [0.2, 0.25) is 0 Å². The normalized spacial score (nSPS) is 10.6. The Morgan fingerprint density at radius 1 is 1.17 bits per heavy atom. The van der Waals surface area contributed by atoms with Crippen molar-refractivity contribution in [2.45, 2.75) is 33.6 Å². The van der Waals surface area contributed by atoms with Crippen molar-refractivity contribution in [3.8, 4) is 11.3 Å². The van der Waals surface area contributed by atoms with Gasteiger partial charge >= 0.3 is 0 Å². The van der Waals surface area contributed by atoms with E-state index in [1.54, 1.807) is 6.33 Å². The molecule has 94 valence electrons. The molecule has 2 nitrogen and oxygen atoms in total. The molecule has 0 radical (unpaired) electrons. The number of nitrogens with zero attached hydrogens (tertiary/aromatic N) is 1. The van der Waals surface area contributed by atoms with Crippen molar-refractivity contribution in [1.82, 2.24) is 9.97 Å². The lowest BCUT2D eigenvalue weighted by Gasteiger charge is -2.10. The number of H-pyrrole nitrogens is 1. The number of benzene rings is 1. The zero-order chi connectivity index (χ0) is 13.1. The highest BCUT2D eigenvalue weighted by Crippen LogP contribution is 2.24. The lowest BCUT2D eigenvalue weighted by Crippen LogP contribution is -1.97. The fourth-order valence-electron chi connectivity index (χ4n) is 2.29. The van der Waals surface area contributed by atoms with Gasteiger partial charge in [0.15, 0.2) is 0 Å². The van der Waals surface area contributed by atoms with Crippen LogP contribution in [0.15, 0.2) is 24.5 Å². The summed E-state index contributed by atoms with van der Waals surface area (Å²) in [5.41, 5.74) is 6.00. The van der Waals surface area contributed by atoms with Gasteiger partial charge in [-0.05, 0) is 38.0 Å². The Morgan fingerprint density at radius 2 is 1.83 bits per heavy atom. The van der Waals surface area contributed by atoms with E-state index >= 15 is 0 Å². The summed E-state index contributed by atoms with van der Waals surface area (Å²) in [5.74, 6) is 0. The van der Waals surface area contributed by atoms with Crippen molar-refractivity contribution in [1.29, 1.82) is 0 Å². The van der Waals surface area contributed by atoms with Gasteiger partial charge in [0.25, 0.3) is 0 Å². The van der Waals surface area contributed by atoms with Crippen LogP contribution < -0.4 is 0 Å². The SMILES string of the molecule is CCCc1c(-c2cc(C)cc(C)c2)[nH]cnc1=S. The molecule has 1 N–H and O–H groups in total. The van der Waals surface area contributed by atoms with E-state index in [0.717, 1.165) is 24.1 Å². The van der Waals surface area contributed by atoms with E-state index < -0.39 is 0 Å². The molecule has 2 rings (SSSR count). The molecular formula is C15H18N2S. The maximum absolute atomic E-state index is 5.34. The average Bonchev–Trinajstić information content (AvgIpc) is 2.30. The Hall–Kier alpha value is -1.48. The third kappa shape index (κ3) is 2.67. The summed E-state index contributed by atoms with van der Waals surface area (Å²) in [4.78, 5) is 7.44. The van der Waals surface area contributed by atoms with Crippen molar-refractivity contribution >= 4 is 12.2 Å². The molecule has 0 unspecified atom stereocenters. The summed E-state index contributed by atoms with van der Waals surface area (Å²) in [6.07, 6.45) is 3.72. The van der Waals surface area contributed by atoms with Crippen LogP contribution in [0.4, 0.5) is 0 Å². The van der Waals surface area contributed by atoms with Crippen LogP contribution in [0.1, 0.15) is 30.0 Å². The van der Waals surface area contributed by atoms with E-state index in [1.165, 1.54) is 16.7 Å². The Labute approximate surface area is 113 Å². The molecule has 1 heterocycles. The molecule has 0 atom stereocenters. The van der Waals surface area contributed by atoms with Gasteiger partial charge in [-0.3, -0.25) is 0 Å². The minimum Gasteiger partial charge on any atom is -0.346 e. The second kappa shape index (κ2) is 5.44. The van der Waals surface area contributed by atoms with Gasteiger partial charge in [0.05, 0.1) is 12.0 Å². The van der Waals surface area contributed by atoms with Crippen LogP contribution in [0.5, 0.6) is 0 Å². The predicted molar refractivity (Wildman–Crippen MR) is 78.3 cm³/mol. The first-order chi connectivity index (χ1) is 8.61. The van der Waals surface area contributed by atoms with Gasteiger partial charge in [-0.1, -0.05) is 42.8 Å². The number of nitrogens with one attached hydrogen (secondary N) is 1. The third-order valence-electron chi connectivity index (χ3n) is 2.96. The van der Waals surface area contributed by atoms with Crippen molar-refractivity contribution in [2.24, 2.45) is 0 Å². The molecule has 0 saturated carbocycles. The molecule has 0 aliphatic rings. The highest BCUT2D eigenvalue weighted by molar-refractivity contribution is 7.71. The molecule has 2 aromatic rings. The fourth-order valence-corrected chi connectivity index (χ4v) is 2.54. The molecule has 0 aliphatic heterocycles. The van der Waals surface area contributed by atoms with Crippen LogP contribution in [0.3, 0.4) is 0 Å². The topological polar surface area (TPSA) is 28.7 Å². The average molecular weight is 258 g/mol. The van der Waals surface area contributed by atoms with Crippen molar-refractivity contribution in [3.63, 3.8) is 0 Å². The summed E-state index contributed by atoms with van der Waals surface area (Å²) in [7, 11) is 0. The minimum atomic E-state index is 0.713. The zero-order valence-corrected chi connectivity index (χ0v) is 11.9. The Bertz CT molecular complexity index is 594. The van der Waals surface area contributed by atoms with Gasteiger partial charge < -0.3 is 4.98 Å². The van der Waals surface area contributed by atoms with Crippen molar-refractivity contribution < 1.29 is 0 Å². The molecule has 0 aliphatic carbocycles. The standard InChI is InChI=1S/C15H18N2S/c1-4-5-13-14(16-9-17-15(13)18)12-7-10(2)6-11(3)8-12/h6-9H,4-5H2,1-3H3,(H,16,17,18). The monoisotopic (exact) mass is 258 g/mol. The van der Waals surface area contributed by atoms with Crippen LogP contribution in [0, 0.1) is 18.5 Å². The maximum atomic E-state index is 5.34. The summed E-state index contributed by atoms with van der Waals surface area (Å²) in [6, 6.07) is 6.55. The van der Waals surface area contributed by atoms with Crippen molar-refractivity contribution in [3.05, 3.63) is 45.9 Å². The first kappa shape index (κ1) is 13.0. The second-order valence-electron chi connectivity index (χ2n) is 4.69. The molecule has 0 amide bonds. The lowest BCUT2D eigenvalue weighted by molar-refractivity contribution is 0.898. The zero-order valence-electron chi connectivity index (χ0n) is 11.1. The van der Waals surface area contributed by atoms with Gasteiger partial charge in [0.1, 0.15) is 4.64 Å². The largest absolute Gasteiger partial charge is 0.346 e. The molecule has 1 aromatic carbocycles. The fraction of sp³-hybridized carbons (Fsp3) is 0.333. The lowest BCUT2D eigenvalue weighted by atomic mass is 10.0. The van der Waals surface area contributed by atoms with Gasteiger partial charge in [-0.2, -0.15) is 0 Å². The molecule has 3 heteroatoms. The third-order valence-corrected chi connectivity index (χ3v) is 3.31. The van der Waals surface area contributed by atoms with E-state index in [0.29, 0.717) is 4.64 Å². The number of aromatic nitrogens is 2. The van der Waals surface area contributed by atoms with Crippen molar-refractivity contribution in [2.75, 3.05) is 0 Å². The predicted octanol–water partition coefficient (Wildman–Crippen LogP) is 4.38. The first-order valence-electron chi connectivity index (χ1n) is 6.27. The Balaban J connectivity index is 2.63. The van der Waals surface area contributed by atoms with E-state index in [9.17, 15) is 0 Å². The molecular weight excluding hydrogens is 240 g/mol. The number of aromatic amines is 1. The number of hydrogen-bond acceptors (Lipinski definition) is 2. The number of rotatable bonds is 3. The molecule has 0 bridgehead atoms. The number of aryl methyl sites for hydroxylation is 2. The highest BCUT2D eigenvalue weighted by atomic mass is 32.1. The second-order valence-corrected chi connectivity index (χ2v) is 5.07. The van der Waals surface area contributed by atoms with Crippen LogP contribution >= 0.6 is 12.2 Å². The molecule has 0 spiro atoms. The van der Waals surface area contributed by atoms with Crippen LogP contribution in [-0.4, -0.2) is 9.97 Å². The Morgan fingerprint density at radius 3 is 2.44 bits per heavy atom. The van der Waals surface area contributed by atoms with Gasteiger partial charge in [-0.15, -0.1) is 0 Å². The number of hydrogen-bond donors (Lipinski definition) is 1. The summed E-state index contributed by atoms with van der Waals surface area (Å²) < 4.78 is 0.713. The smallest absolute Gasteiger partial charge is 0.133 e. The quantitative estimate of drug-likeness (QED) is 0.828. The first-order valence-corrected chi connectivity index (χ1v) is 6.68. The minimum absolute atomic E-state index is 0.713. The molecule has 1 aromatic heterocycles. The van der Waals surface area contributed by atoms with E-state index in [2.05, 4.69) is 48.9 Å². The van der Waals surface area contributed by atoms with E-state index in [4.69, 9.17) is 12.2 Å². The van der Waals surface area contributed by atoms with E-state index in [1.807, 2.05) is 0 Å². The van der Waals surface area contributed by atoms with E-state index in [-0.39, 0.29) is 0 Å². The van der Waals surface area contributed by atoms with Crippen LogP contribution in [-0.2, 0) is 6.42 Å². The van der Waals surface area contributed by atoms with Gasteiger partial charge in [0, 0.05) is 5.56 Å². The highest BCUT2D eigenvalue weighted by Gasteiger charge is 2.08. The summed E-state index contributed by atoms with van der Waals surface area (Å²) >= 11 is 5.34. The Kier molecular flexibility index (Phi) is 3.92. The molecule has 0 saturated heterocycles. The van der Waals surface area contributed by atoms with Crippen LogP contribution in [0.25, 0.3) is 11.3 Å². The summed E-state index contributed by atoms with van der Waals surface area (Å²) in [5, 5.41) is 0. The molecule has 18 heavy (non-hydrogen) atoms. The maximum Gasteiger partial charge on any atom is 0.133 e. The summed E-state index contributed by atoms with van der Waals surface area (Å²) in [6.45, 7) is 6.39.